The Morgan fingerprint density at radius 2 is 1.58 bits per heavy atom. The number of carbonyl (C=O) groups is 1. The largest absolute Gasteiger partial charge is 0.399 e. The van der Waals surface area contributed by atoms with Crippen molar-refractivity contribution in [3.8, 4) is 0 Å². The first-order valence-electron chi connectivity index (χ1n) is 8.09. The molecule has 0 bridgehead atoms. The van der Waals surface area contributed by atoms with Crippen LogP contribution in [-0.2, 0) is 17.8 Å². The lowest BCUT2D eigenvalue weighted by atomic mass is 10.1. The van der Waals surface area contributed by atoms with Gasteiger partial charge in [0.1, 0.15) is 0 Å². The molecule has 1 saturated heterocycles. The standard InChI is InChI=1S/C19H23N3O.ClH/c20-18-8-4-7-17(13-18)14-19(23)22-11-9-21(10-12-22)15-16-5-2-1-3-6-16;/h1-8,13H,9-12,14-15,20H2;1H. The molecule has 0 radical (unpaired) electrons. The lowest BCUT2D eigenvalue weighted by Gasteiger charge is -2.34. The van der Waals surface area contributed by atoms with E-state index in [1.165, 1.54) is 5.56 Å². The number of benzene rings is 2. The topological polar surface area (TPSA) is 49.6 Å². The third-order valence-electron chi connectivity index (χ3n) is 4.28. The highest BCUT2D eigenvalue weighted by molar-refractivity contribution is 5.85. The predicted octanol–water partition coefficient (Wildman–Crippen LogP) is 2.58. The number of rotatable bonds is 4. The molecule has 0 spiro atoms. The zero-order valence-corrected chi connectivity index (χ0v) is 14.5. The van der Waals surface area contributed by atoms with Crippen LogP contribution in [0.15, 0.2) is 54.6 Å². The van der Waals surface area contributed by atoms with Crippen molar-refractivity contribution >= 4 is 24.0 Å². The van der Waals surface area contributed by atoms with Gasteiger partial charge in [0.2, 0.25) is 5.91 Å². The number of nitrogens with zero attached hydrogens (tertiary/aromatic N) is 2. The van der Waals surface area contributed by atoms with Crippen LogP contribution in [0.25, 0.3) is 0 Å². The first kappa shape index (κ1) is 18.3. The molecule has 1 aliphatic heterocycles. The van der Waals surface area contributed by atoms with Gasteiger partial charge in [0.25, 0.3) is 0 Å². The summed E-state index contributed by atoms with van der Waals surface area (Å²) in [5.41, 5.74) is 8.80. The second-order valence-electron chi connectivity index (χ2n) is 6.06. The highest BCUT2D eigenvalue weighted by atomic mass is 35.5. The fraction of sp³-hybridized carbons (Fsp3) is 0.316. The van der Waals surface area contributed by atoms with Gasteiger partial charge < -0.3 is 10.6 Å². The van der Waals surface area contributed by atoms with Crippen LogP contribution in [0.4, 0.5) is 5.69 Å². The summed E-state index contributed by atoms with van der Waals surface area (Å²) < 4.78 is 0. The van der Waals surface area contributed by atoms with Gasteiger partial charge in [0, 0.05) is 38.4 Å². The molecule has 128 valence electrons. The van der Waals surface area contributed by atoms with Crippen molar-refractivity contribution in [1.29, 1.82) is 0 Å². The van der Waals surface area contributed by atoms with E-state index in [0.29, 0.717) is 12.1 Å². The molecule has 1 fully saturated rings. The zero-order valence-electron chi connectivity index (χ0n) is 13.7. The first-order chi connectivity index (χ1) is 11.2. The van der Waals surface area contributed by atoms with Gasteiger partial charge in [-0.1, -0.05) is 42.5 Å². The molecule has 0 unspecified atom stereocenters. The summed E-state index contributed by atoms with van der Waals surface area (Å²) in [4.78, 5) is 16.8. The molecule has 0 aromatic heterocycles. The van der Waals surface area contributed by atoms with Gasteiger partial charge in [-0.25, -0.2) is 0 Å². The monoisotopic (exact) mass is 345 g/mol. The van der Waals surface area contributed by atoms with Gasteiger partial charge in [0.05, 0.1) is 6.42 Å². The molecule has 4 nitrogen and oxygen atoms in total. The van der Waals surface area contributed by atoms with Crippen molar-refractivity contribution in [3.63, 3.8) is 0 Å². The third-order valence-corrected chi connectivity index (χ3v) is 4.28. The molecule has 2 aromatic rings. The SMILES string of the molecule is Cl.Nc1cccc(CC(=O)N2CCN(Cc3ccccc3)CC2)c1. The fourth-order valence-corrected chi connectivity index (χ4v) is 2.99. The molecule has 1 amide bonds. The number of anilines is 1. The van der Waals surface area contributed by atoms with Crippen molar-refractivity contribution < 1.29 is 4.79 Å². The summed E-state index contributed by atoms with van der Waals surface area (Å²) in [5, 5.41) is 0. The highest BCUT2D eigenvalue weighted by Crippen LogP contribution is 2.12. The summed E-state index contributed by atoms with van der Waals surface area (Å²) in [6.07, 6.45) is 0.434. The van der Waals surface area contributed by atoms with E-state index in [2.05, 4.69) is 29.2 Å². The summed E-state index contributed by atoms with van der Waals surface area (Å²) >= 11 is 0. The lowest BCUT2D eigenvalue weighted by Crippen LogP contribution is -2.48. The van der Waals surface area contributed by atoms with E-state index >= 15 is 0 Å². The molecule has 1 heterocycles. The summed E-state index contributed by atoms with van der Waals surface area (Å²) in [6.45, 7) is 4.41. The average molecular weight is 346 g/mol. The van der Waals surface area contributed by atoms with Crippen molar-refractivity contribution in [2.75, 3.05) is 31.9 Å². The van der Waals surface area contributed by atoms with Gasteiger partial charge in [-0.2, -0.15) is 0 Å². The molecule has 1 aliphatic rings. The van der Waals surface area contributed by atoms with Crippen LogP contribution >= 0.6 is 12.4 Å². The number of hydrogen-bond acceptors (Lipinski definition) is 3. The predicted molar refractivity (Wildman–Crippen MR) is 100 cm³/mol. The van der Waals surface area contributed by atoms with Gasteiger partial charge >= 0.3 is 0 Å². The van der Waals surface area contributed by atoms with Gasteiger partial charge in [-0.3, -0.25) is 9.69 Å². The van der Waals surface area contributed by atoms with Crippen molar-refractivity contribution in [2.45, 2.75) is 13.0 Å². The molecule has 5 heteroatoms. The van der Waals surface area contributed by atoms with E-state index in [9.17, 15) is 4.79 Å². The molecule has 0 aliphatic carbocycles. The lowest BCUT2D eigenvalue weighted by molar-refractivity contribution is -0.132. The minimum absolute atomic E-state index is 0. The zero-order chi connectivity index (χ0) is 16.1. The molecular formula is C19H24ClN3O. The maximum atomic E-state index is 12.4. The summed E-state index contributed by atoms with van der Waals surface area (Å²) in [5.74, 6) is 0.190. The molecule has 24 heavy (non-hydrogen) atoms. The molecule has 2 aromatic carbocycles. The summed E-state index contributed by atoms with van der Waals surface area (Å²) in [7, 11) is 0. The normalized spacial score (nSPS) is 14.9. The third kappa shape index (κ3) is 4.98. The van der Waals surface area contributed by atoms with E-state index in [0.717, 1.165) is 38.3 Å². The fourth-order valence-electron chi connectivity index (χ4n) is 2.99. The number of piperazine rings is 1. The van der Waals surface area contributed by atoms with Crippen LogP contribution in [0.3, 0.4) is 0 Å². The van der Waals surface area contributed by atoms with E-state index in [1.54, 1.807) is 0 Å². The van der Waals surface area contributed by atoms with E-state index in [1.807, 2.05) is 35.2 Å². The molecule has 2 N–H and O–H groups in total. The van der Waals surface area contributed by atoms with Crippen LogP contribution in [0.5, 0.6) is 0 Å². The maximum absolute atomic E-state index is 12.4. The average Bonchev–Trinajstić information content (AvgIpc) is 2.56. The minimum Gasteiger partial charge on any atom is -0.399 e. The number of hydrogen-bond donors (Lipinski definition) is 1. The maximum Gasteiger partial charge on any atom is 0.227 e. The van der Waals surface area contributed by atoms with E-state index in [-0.39, 0.29) is 18.3 Å². The van der Waals surface area contributed by atoms with Gasteiger partial charge in [0.15, 0.2) is 0 Å². The first-order valence-corrected chi connectivity index (χ1v) is 8.09. The van der Waals surface area contributed by atoms with Crippen molar-refractivity contribution in [2.24, 2.45) is 0 Å². The second kappa shape index (κ2) is 8.71. The minimum atomic E-state index is 0. The molecule has 0 saturated carbocycles. The Bertz CT molecular complexity index is 655. The van der Waals surface area contributed by atoms with E-state index < -0.39 is 0 Å². The Balaban J connectivity index is 0.00000208. The summed E-state index contributed by atoms with van der Waals surface area (Å²) in [6, 6.07) is 18.1. The molecule has 0 atom stereocenters. The van der Waals surface area contributed by atoms with Crippen LogP contribution in [-0.4, -0.2) is 41.9 Å². The van der Waals surface area contributed by atoms with Crippen LogP contribution in [0.1, 0.15) is 11.1 Å². The van der Waals surface area contributed by atoms with Crippen LogP contribution < -0.4 is 5.73 Å². The second-order valence-corrected chi connectivity index (χ2v) is 6.06. The van der Waals surface area contributed by atoms with Crippen LogP contribution in [0, 0.1) is 0 Å². The van der Waals surface area contributed by atoms with Crippen LogP contribution in [0.2, 0.25) is 0 Å². The Morgan fingerprint density at radius 1 is 0.917 bits per heavy atom. The van der Waals surface area contributed by atoms with Gasteiger partial charge in [-0.05, 0) is 23.3 Å². The highest BCUT2D eigenvalue weighted by Gasteiger charge is 2.21. The number of nitrogens with two attached hydrogens (primary N) is 1. The number of carbonyl (C=O) groups excluding carboxylic acids is 1. The Morgan fingerprint density at radius 3 is 2.25 bits per heavy atom. The van der Waals surface area contributed by atoms with E-state index in [4.69, 9.17) is 5.73 Å². The molecule has 3 rings (SSSR count). The number of amides is 1. The molecular weight excluding hydrogens is 322 g/mol. The Hall–Kier alpha value is -2.04. The Labute approximate surface area is 149 Å². The quantitative estimate of drug-likeness (QED) is 0.866. The Kier molecular flexibility index (Phi) is 6.64. The smallest absolute Gasteiger partial charge is 0.227 e. The van der Waals surface area contributed by atoms with Crippen molar-refractivity contribution in [3.05, 3.63) is 65.7 Å². The van der Waals surface area contributed by atoms with Gasteiger partial charge in [-0.15, -0.1) is 12.4 Å². The number of nitrogen functional groups attached to an aromatic ring is 1. The number of halogens is 1. The van der Waals surface area contributed by atoms with Crippen molar-refractivity contribution in [1.82, 2.24) is 9.80 Å².